The Balaban J connectivity index is 2.28. The summed E-state index contributed by atoms with van der Waals surface area (Å²) in [6.07, 6.45) is -1.57. The summed E-state index contributed by atoms with van der Waals surface area (Å²) in [4.78, 5) is 5.75. The van der Waals surface area contributed by atoms with Crippen LogP contribution in [0.1, 0.15) is 5.56 Å². The summed E-state index contributed by atoms with van der Waals surface area (Å²) in [5.74, 6) is 0.500. The number of β-amino-alcohol motifs (C(OH)–C–C–N with tert-alkyl or cyclic N) is 2. The van der Waals surface area contributed by atoms with Gasteiger partial charge in [0.2, 0.25) is 0 Å². The zero-order valence-electron chi connectivity index (χ0n) is 8.34. The molecule has 0 saturated carbocycles. The second kappa shape index (κ2) is 4.26. The molecule has 0 aliphatic carbocycles. The van der Waals surface area contributed by atoms with Crippen LogP contribution < -0.4 is 4.90 Å². The molecule has 5 nitrogen and oxygen atoms in total. The Labute approximate surface area is 97.5 Å². The fourth-order valence-electron chi connectivity index (χ4n) is 1.67. The Bertz CT molecular complexity index is 436. The minimum absolute atomic E-state index is 0.227. The molecule has 1 fully saturated rings. The van der Waals surface area contributed by atoms with Gasteiger partial charge in [-0.05, 0) is 12.1 Å². The van der Waals surface area contributed by atoms with E-state index in [9.17, 15) is 10.2 Å². The Morgan fingerprint density at radius 1 is 1.38 bits per heavy atom. The van der Waals surface area contributed by atoms with Crippen molar-refractivity contribution in [3.8, 4) is 6.07 Å². The van der Waals surface area contributed by atoms with Gasteiger partial charge in [0.15, 0.2) is 0 Å². The number of nitriles is 1. The topological polar surface area (TPSA) is 80.4 Å². The molecule has 0 bridgehead atoms. The highest BCUT2D eigenvalue weighted by Crippen LogP contribution is 2.22. The van der Waals surface area contributed by atoms with Crippen LogP contribution in [0, 0.1) is 11.3 Å². The molecule has 0 spiro atoms. The predicted octanol–water partition coefficient (Wildman–Crippen LogP) is 0.148. The van der Waals surface area contributed by atoms with Gasteiger partial charge in [0, 0.05) is 13.1 Å². The van der Waals surface area contributed by atoms with E-state index in [-0.39, 0.29) is 5.15 Å². The molecule has 1 aliphatic rings. The molecule has 1 aromatic heterocycles. The van der Waals surface area contributed by atoms with E-state index in [2.05, 4.69) is 4.98 Å². The zero-order chi connectivity index (χ0) is 11.7. The molecule has 2 N–H and O–H groups in total. The molecular formula is C10H10ClN3O2. The minimum atomic E-state index is -0.786. The van der Waals surface area contributed by atoms with Crippen LogP contribution in [-0.4, -0.2) is 40.5 Å². The first kappa shape index (κ1) is 11.1. The van der Waals surface area contributed by atoms with Gasteiger partial charge in [-0.3, -0.25) is 0 Å². The van der Waals surface area contributed by atoms with Crippen molar-refractivity contribution in [2.45, 2.75) is 12.2 Å². The smallest absolute Gasteiger partial charge is 0.132 e. The maximum absolute atomic E-state index is 9.41. The van der Waals surface area contributed by atoms with E-state index in [4.69, 9.17) is 16.9 Å². The number of halogens is 1. The van der Waals surface area contributed by atoms with Crippen LogP contribution >= 0.6 is 11.6 Å². The number of aliphatic hydroxyl groups is 2. The molecule has 6 heteroatoms. The molecule has 2 unspecified atom stereocenters. The third kappa shape index (κ3) is 2.09. The summed E-state index contributed by atoms with van der Waals surface area (Å²) in [6, 6.07) is 5.02. The summed E-state index contributed by atoms with van der Waals surface area (Å²) in [5.41, 5.74) is 0.408. The number of nitrogens with zero attached hydrogens (tertiary/aromatic N) is 3. The van der Waals surface area contributed by atoms with E-state index >= 15 is 0 Å². The number of hydrogen-bond donors (Lipinski definition) is 2. The van der Waals surface area contributed by atoms with Gasteiger partial charge >= 0.3 is 0 Å². The molecule has 0 aromatic carbocycles. The largest absolute Gasteiger partial charge is 0.389 e. The Morgan fingerprint density at radius 2 is 2.00 bits per heavy atom. The van der Waals surface area contributed by atoms with E-state index in [1.807, 2.05) is 6.07 Å². The van der Waals surface area contributed by atoms with Crippen LogP contribution in [0.3, 0.4) is 0 Å². The average Bonchev–Trinajstić information content (AvgIpc) is 2.58. The van der Waals surface area contributed by atoms with Gasteiger partial charge in [-0.15, -0.1) is 0 Å². The summed E-state index contributed by atoms with van der Waals surface area (Å²) in [6.45, 7) is 0.582. The molecule has 2 heterocycles. The van der Waals surface area contributed by atoms with Crippen LogP contribution in [0.5, 0.6) is 0 Å². The Kier molecular flexibility index (Phi) is 2.97. The summed E-state index contributed by atoms with van der Waals surface area (Å²) < 4.78 is 0. The zero-order valence-corrected chi connectivity index (χ0v) is 9.09. The van der Waals surface area contributed by atoms with Gasteiger partial charge in [-0.1, -0.05) is 11.6 Å². The van der Waals surface area contributed by atoms with Gasteiger partial charge in [-0.25, -0.2) is 4.98 Å². The lowest BCUT2D eigenvalue weighted by molar-refractivity contribution is 0.0572. The maximum atomic E-state index is 9.41. The van der Waals surface area contributed by atoms with E-state index in [0.29, 0.717) is 24.5 Å². The average molecular weight is 240 g/mol. The van der Waals surface area contributed by atoms with Crippen molar-refractivity contribution in [1.82, 2.24) is 4.98 Å². The molecule has 1 saturated heterocycles. The lowest BCUT2D eigenvalue weighted by Gasteiger charge is -2.16. The highest BCUT2D eigenvalue weighted by Gasteiger charge is 2.30. The Morgan fingerprint density at radius 3 is 2.56 bits per heavy atom. The quantitative estimate of drug-likeness (QED) is 0.682. The second-order valence-electron chi connectivity index (χ2n) is 3.69. The van der Waals surface area contributed by atoms with Crippen molar-refractivity contribution in [2.75, 3.05) is 18.0 Å². The number of aliphatic hydroxyl groups excluding tert-OH is 2. The summed E-state index contributed by atoms with van der Waals surface area (Å²) in [7, 11) is 0. The van der Waals surface area contributed by atoms with Crippen molar-refractivity contribution in [3.05, 3.63) is 22.8 Å². The van der Waals surface area contributed by atoms with Crippen LogP contribution in [-0.2, 0) is 0 Å². The lowest BCUT2D eigenvalue weighted by atomic mass is 10.3. The van der Waals surface area contributed by atoms with Crippen LogP contribution in [0.15, 0.2) is 12.1 Å². The third-order valence-corrected chi connectivity index (χ3v) is 2.69. The van der Waals surface area contributed by atoms with Crippen LogP contribution in [0.25, 0.3) is 0 Å². The SMILES string of the molecule is N#Cc1cc(Cl)nc(N2CC(O)C(O)C2)c1. The van der Waals surface area contributed by atoms with Crippen molar-refractivity contribution < 1.29 is 10.2 Å². The lowest BCUT2D eigenvalue weighted by Crippen LogP contribution is -2.22. The third-order valence-electron chi connectivity index (χ3n) is 2.49. The van der Waals surface area contributed by atoms with Gasteiger partial charge in [0.05, 0.1) is 23.8 Å². The summed E-state index contributed by atoms with van der Waals surface area (Å²) >= 11 is 5.77. The molecule has 16 heavy (non-hydrogen) atoms. The molecule has 0 amide bonds. The molecule has 2 rings (SSSR count). The molecular weight excluding hydrogens is 230 g/mol. The monoisotopic (exact) mass is 239 g/mol. The first-order valence-electron chi connectivity index (χ1n) is 4.79. The number of hydrogen-bond acceptors (Lipinski definition) is 5. The second-order valence-corrected chi connectivity index (χ2v) is 4.08. The minimum Gasteiger partial charge on any atom is -0.389 e. The predicted molar refractivity (Wildman–Crippen MR) is 58.2 cm³/mol. The summed E-state index contributed by atoms with van der Waals surface area (Å²) in [5, 5.41) is 27.8. The van der Waals surface area contributed by atoms with E-state index < -0.39 is 12.2 Å². The van der Waals surface area contributed by atoms with E-state index in [1.54, 1.807) is 11.0 Å². The molecule has 1 aromatic rings. The highest BCUT2D eigenvalue weighted by atomic mass is 35.5. The maximum Gasteiger partial charge on any atom is 0.132 e. The van der Waals surface area contributed by atoms with E-state index in [0.717, 1.165) is 0 Å². The standard InChI is InChI=1S/C10H10ClN3O2/c11-9-1-6(3-12)2-10(13-9)14-4-7(15)8(16)5-14/h1-2,7-8,15-16H,4-5H2. The van der Waals surface area contributed by atoms with Crippen molar-refractivity contribution in [1.29, 1.82) is 5.26 Å². The van der Waals surface area contributed by atoms with E-state index in [1.165, 1.54) is 6.07 Å². The highest BCUT2D eigenvalue weighted by molar-refractivity contribution is 6.29. The molecule has 2 atom stereocenters. The van der Waals surface area contributed by atoms with Gasteiger partial charge < -0.3 is 15.1 Å². The molecule has 1 aliphatic heterocycles. The number of pyridine rings is 1. The molecule has 84 valence electrons. The number of aromatic nitrogens is 1. The van der Waals surface area contributed by atoms with Crippen molar-refractivity contribution in [2.24, 2.45) is 0 Å². The van der Waals surface area contributed by atoms with Crippen molar-refractivity contribution in [3.63, 3.8) is 0 Å². The molecule has 0 radical (unpaired) electrons. The van der Waals surface area contributed by atoms with Gasteiger partial charge in [0.1, 0.15) is 11.0 Å². The van der Waals surface area contributed by atoms with Gasteiger partial charge in [0.25, 0.3) is 0 Å². The first-order chi connectivity index (χ1) is 7.60. The normalized spacial score (nSPS) is 24.5. The number of rotatable bonds is 1. The van der Waals surface area contributed by atoms with Crippen molar-refractivity contribution >= 4 is 17.4 Å². The van der Waals surface area contributed by atoms with Crippen LogP contribution in [0.2, 0.25) is 5.15 Å². The Hall–Kier alpha value is -1.35. The number of anilines is 1. The van der Waals surface area contributed by atoms with Gasteiger partial charge in [-0.2, -0.15) is 5.26 Å². The fourth-order valence-corrected chi connectivity index (χ4v) is 1.87. The first-order valence-corrected chi connectivity index (χ1v) is 5.16. The van der Waals surface area contributed by atoms with Crippen LogP contribution in [0.4, 0.5) is 5.82 Å². The fraction of sp³-hybridized carbons (Fsp3) is 0.400.